The van der Waals surface area contributed by atoms with Crippen molar-refractivity contribution in [2.45, 2.75) is 9.79 Å². The molecule has 0 spiro atoms. The third kappa shape index (κ3) is 4.97. The van der Waals surface area contributed by atoms with Gasteiger partial charge in [0.15, 0.2) is 0 Å². The highest BCUT2D eigenvalue weighted by Gasteiger charge is 2.16. The summed E-state index contributed by atoms with van der Waals surface area (Å²) in [6.45, 7) is 0. The first-order valence-electron chi connectivity index (χ1n) is 6.63. The lowest BCUT2D eigenvalue weighted by molar-refractivity contribution is -0.113. The molecule has 0 unspecified atom stereocenters. The lowest BCUT2D eigenvalue weighted by atomic mass is 10.3. The molecule has 0 aliphatic carbocycles. The van der Waals surface area contributed by atoms with Gasteiger partial charge in [0.2, 0.25) is 15.9 Å². The molecule has 23 heavy (non-hydrogen) atoms. The Bertz CT molecular complexity index is 796. The zero-order chi connectivity index (χ0) is 16.9. The Hall–Kier alpha value is -1.54. The van der Waals surface area contributed by atoms with Crippen LogP contribution in [0.5, 0.6) is 0 Å². The molecule has 0 fully saturated rings. The zero-order valence-corrected chi connectivity index (χ0v) is 14.6. The number of rotatable bonds is 6. The van der Waals surface area contributed by atoms with Gasteiger partial charge in [-0.2, -0.15) is 0 Å². The number of nitrogens with one attached hydrogen (secondary N) is 2. The second-order valence-corrected chi connectivity index (χ2v) is 7.81. The Kier molecular flexibility index (Phi) is 6.06. The van der Waals surface area contributed by atoms with Crippen molar-refractivity contribution in [3.63, 3.8) is 0 Å². The molecule has 2 N–H and O–H groups in total. The fourth-order valence-corrected chi connectivity index (χ4v) is 3.83. The highest BCUT2D eigenvalue weighted by Crippen LogP contribution is 2.27. The molecule has 2 aromatic carbocycles. The van der Waals surface area contributed by atoms with E-state index in [1.54, 1.807) is 18.2 Å². The lowest BCUT2D eigenvalue weighted by Crippen LogP contribution is -2.18. The number of hydrogen-bond donors (Lipinski definition) is 2. The van der Waals surface area contributed by atoms with E-state index in [1.165, 1.54) is 30.9 Å². The summed E-state index contributed by atoms with van der Waals surface area (Å²) in [5.74, 6) is 0.0489. The summed E-state index contributed by atoms with van der Waals surface area (Å²) in [5.41, 5.74) is 0.728. The largest absolute Gasteiger partial charge is 0.325 e. The van der Waals surface area contributed by atoms with Gasteiger partial charge in [0.1, 0.15) is 4.90 Å². The van der Waals surface area contributed by atoms with Crippen molar-refractivity contribution in [2.24, 2.45) is 0 Å². The molecule has 5 nitrogen and oxygen atoms in total. The quantitative estimate of drug-likeness (QED) is 0.766. The number of benzene rings is 2. The molecule has 0 heterocycles. The normalized spacial score (nSPS) is 11.2. The first-order chi connectivity index (χ1) is 10.9. The van der Waals surface area contributed by atoms with Crippen molar-refractivity contribution < 1.29 is 13.2 Å². The van der Waals surface area contributed by atoms with Gasteiger partial charge in [-0.3, -0.25) is 4.79 Å². The van der Waals surface area contributed by atoms with Crippen molar-refractivity contribution >= 4 is 45.0 Å². The van der Waals surface area contributed by atoms with Crippen molar-refractivity contribution in [1.82, 2.24) is 4.72 Å². The average Bonchev–Trinajstić information content (AvgIpc) is 2.53. The van der Waals surface area contributed by atoms with Gasteiger partial charge in [-0.15, -0.1) is 11.8 Å². The summed E-state index contributed by atoms with van der Waals surface area (Å²) in [4.78, 5) is 12.6. The second kappa shape index (κ2) is 7.83. The summed E-state index contributed by atoms with van der Waals surface area (Å²) in [7, 11) is -2.27. The zero-order valence-electron chi connectivity index (χ0n) is 12.2. The number of sulfonamides is 1. The van der Waals surface area contributed by atoms with Crippen LogP contribution in [0.3, 0.4) is 0 Å². The number of anilines is 1. The Morgan fingerprint density at radius 1 is 1.17 bits per heavy atom. The summed E-state index contributed by atoms with van der Waals surface area (Å²) < 4.78 is 25.7. The molecule has 2 rings (SSSR count). The van der Waals surface area contributed by atoms with Crippen LogP contribution in [0.1, 0.15) is 0 Å². The van der Waals surface area contributed by atoms with Crippen LogP contribution in [0.2, 0.25) is 5.02 Å². The Morgan fingerprint density at radius 2 is 1.87 bits per heavy atom. The minimum Gasteiger partial charge on any atom is -0.325 e. The van der Waals surface area contributed by atoms with Gasteiger partial charge in [0.05, 0.1) is 10.8 Å². The number of para-hydroxylation sites is 1. The Morgan fingerprint density at radius 3 is 2.48 bits per heavy atom. The van der Waals surface area contributed by atoms with Crippen molar-refractivity contribution in [1.29, 1.82) is 0 Å². The predicted octanol–water partition coefficient (Wildman–Crippen LogP) is 2.98. The van der Waals surface area contributed by atoms with E-state index in [9.17, 15) is 13.2 Å². The van der Waals surface area contributed by atoms with Gasteiger partial charge in [0.25, 0.3) is 0 Å². The molecule has 0 atom stereocenters. The van der Waals surface area contributed by atoms with Crippen LogP contribution in [-0.4, -0.2) is 27.1 Å². The minimum absolute atomic E-state index is 0.0137. The van der Waals surface area contributed by atoms with Gasteiger partial charge in [-0.1, -0.05) is 29.8 Å². The van der Waals surface area contributed by atoms with E-state index in [1.807, 2.05) is 18.2 Å². The summed E-state index contributed by atoms with van der Waals surface area (Å²) in [5, 5.41) is 2.89. The minimum atomic E-state index is -3.59. The van der Waals surface area contributed by atoms with Gasteiger partial charge in [-0.05, 0) is 37.4 Å². The highest BCUT2D eigenvalue weighted by molar-refractivity contribution is 8.00. The SMILES string of the molecule is CNS(=O)(=O)c1ccc(SCC(=O)Nc2ccccc2)cc1Cl. The number of amides is 1. The van der Waals surface area contributed by atoms with Gasteiger partial charge >= 0.3 is 0 Å². The molecule has 0 bridgehead atoms. The molecule has 8 heteroatoms. The highest BCUT2D eigenvalue weighted by atomic mass is 35.5. The fraction of sp³-hybridized carbons (Fsp3) is 0.133. The molecular weight excluding hydrogens is 356 g/mol. The maximum Gasteiger partial charge on any atom is 0.241 e. The molecular formula is C15H15ClN2O3S2. The molecule has 2 aromatic rings. The lowest BCUT2D eigenvalue weighted by Gasteiger charge is -2.08. The van der Waals surface area contributed by atoms with E-state index in [2.05, 4.69) is 10.0 Å². The van der Waals surface area contributed by atoms with Crippen LogP contribution in [0.25, 0.3) is 0 Å². The van der Waals surface area contributed by atoms with E-state index in [4.69, 9.17) is 11.6 Å². The fourth-order valence-electron chi connectivity index (χ4n) is 1.77. The maximum atomic E-state index is 11.9. The molecule has 1 amide bonds. The number of thioether (sulfide) groups is 1. The van der Waals surface area contributed by atoms with Crippen molar-refractivity contribution in [3.8, 4) is 0 Å². The van der Waals surface area contributed by atoms with Crippen LogP contribution in [0.4, 0.5) is 5.69 Å². The average molecular weight is 371 g/mol. The third-order valence-electron chi connectivity index (χ3n) is 2.89. The Labute approximate surface area is 144 Å². The Balaban J connectivity index is 1.99. The second-order valence-electron chi connectivity index (χ2n) is 4.50. The summed E-state index contributed by atoms with van der Waals surface area (Å²) in [6, 6.07) is 13.7. The van der Waals surface area contributed by atoms with E-state index >= 15 is 0 Å². The molecule has 0 aromatic heterocycles. The van der Waals surface area contributed by atoms with E-state index < -0.39 is 10.0 Å². The molecule has 0 radical (unpaired) electrons. The van der Waals surface area contributed by atoms with Gasteiger partial charge in [-0.25, -0.2) is 13.1 Å². The monoisotopic (exact) mass is 370 g/mol. The third-order valence-corrected chi connectivity index (χ3v) is 5.78. The van der Waals surface area contributed by atoms with Crippen LogP contribution >= 0.6 is 23.4 Å². The smallest absolute Gasteiger partial charge is 0.241 e. The molecule has 0 saturated heterocycles. The van der Waals surface area contributed by atoms with Crippen LogP contribution < -0.4 is 10.0 Å². The summed E-state index contributed by atoms with van der Waals surface area (Å²) in [6.07, 6.45) is 0. The molecule has 122 valence electrons. The molecule has 0 saturated carbocycles. The van der Waals surface area contributed by atoms with E-state index in [-0.39, 0.29) is 21.6 Å². The maximum absolute atomic E-state index is 11.9. The number of hydrogen-bond acceptors (Lipinski definition) is 4. The topological polar surface area (TPSA) is 75.3 Å². The van der Waals surface area contributed by atoms with E-state index in [0.717, 1.165) is 5.69 Å². The van der Waals surface area contributed by atoms with Crippen molar-refractivity contribution in [2.75, 3.05) is 18.1 Å². The predicted molar refractivity (Wildman–Crippen MR) is 93.5 cm³/mol. The standard InChI is InChI=1S/C15H15ClN2O3S2/c1-17-23(20,21)14-8-7-12(9-13(14)16)22-10-15(19)18-11-5-3-2-4-6-11/h2-9,17H,10H2,1H3,(H,18,19). The number of halogens is 1. The van der Waals surface area contributed by atoms with Crippen LogP contribution in [0.15, 0.2) is 58.3 Å². The van der Waals surface area contributed by atoms with Crippen LogP contribution in [0, 0.1) is 0 Å². The first kappa shape index (κ1) is 17.8. The van der Waals surface area contributed by atoms with Crippen molar-refractivity contribution in [3.05, 3.63) is 53.6 Å². The van der Waals surface area contributed by atoms with Gasteiger partial charge < -0.3 is 5.32 Å². The van der Waals surface area contributed by atoms with Gasteiger partial charge in [0, 0.05) is 10.6 Å². The molecule has 0 aliphatic rings. The van der Waals surface area contributed by atoms with Crippen LogP contribution in [-0.2, 0) is 14.8 Å². The molecule has 0 aliphatic heterocycles. The first-order valence-corrected chi connectivity index (χ1v) is 9.48. The number of carbonyl (C=O) groups is 1. The van der Waals surface area contributed by atoms with E-state index in [0.29, 0.717) is 4.90 Å². The number of carbonyl (C=O) groups excluding carboxylic acids is 1. The summed E-state index contributed by atoms with van der Waals surface area (Å²) >= 11 is 7.28.